The Balaban J connectivity index is 0.00000498. The first-order chi connectivity index (χ1) is 31.7. The molecule has 0 N–H and O–H groups in total. The van der Waals surface area contributed by atoms with Crippen LogP contribution in [0.3, 0.4) is 0 Å². The van der Waals surface area contributed by atoms with Crippen molar-refractivity contribution in [3.8, 4) is 62.1 Å². The minimum atomic E-state index is 0. The normalized spacial score (nSPS) is 11.4. The van der Waals surface area contributed by atoms with Gasteiger partial charge < -0.3 is 13.9 Å². The van der Waals surface area contributed by atoms with Crippen molar-refractivity contribution in [3.05, 3.63) is 224 Å². The molecule has 65 heavy (non-hydrogen) atoms. The van der Waals surface area contributed by atoms with Gasteiger partial charge in [-0.3, -0.25) is 4.57 Å². The first-order valence-corrected chi connectivity index (χ1v) is 22.1. The number of nitrogens with zero attached hydrogens (tertiary/aromatic N) is 4. The summed E-state index contributed by atoms with van der Waals surface area (Å²) >= 11 is 0. The van der Waals surface area contributed by atoms with Crippen LogP contribution in [-0.4, -0.2) is 14.1 Å². The van der Waals surface area contributed by atoms with E-state index in [1.807, 2.05) is 30.5 Å². The Morgan fingerprint density at radius 1 is 0.554 bits per heavy atom. The quantitative estimate of drug-likeness (QED) is 0.0956. The SMILES string of the molecule is CCC(CC)c1cc(-n2c3[c-]c(Oc4[c-]c(-n5[c-][n+](-c6c(-c7ccccc7)cccc6-c6ccccc6)c6ccccc65)ccc4)ccc3c3ccccc32)ncc1-c1ccccc1.[Pt]. The van der Waals surface area contributed by atoms with Gasteiger partial charge >= 0.3 is 0 Å². The third kappa shape index (κ3) is 7.66. The molecule has 3 heterocycles. The van der Waals surface area contributed by atoms with E-state index in [1.165, 1.54) is 16.7 Å². The van der Waals surface area contributed by atoms with Crippen LogP contribution in [0.25, 0.3) is 83.4 Å². The number of imidazole rings is 1. The second-order valence-electron chi connectivity index (χ2n) is 16.1. The Kier molecular flexibility index (Phi) is 11.6. The molecule has 0 saturated carbocycles. The van der Waals surface area contributed by atoms with E-state index in [1.54, 1.807) is 0 Å². The predicted octanol–water partition coefficient (Wildman–Crippen LogP) is 14.5. The minimum absolute atomic E-state index is 0. The number of aromatic nitrogens is 4. The second-order valence-corrected chi connectivity index (χ2v) is 16.1. The fourth-order valence-corrected chi connectivity index (χ4v) is 9.31. The molecule has 0 aliphatic rings. The molecule has 0 spiro atoms. The summed E-state index contributed by atoms with van der Waals surface area (Å²) in [6.07, 6.45) is 7.89. The van der Waals surface area contributed by atoms with Crippen molar-refractivity contribution in [1.29, 1.82) is 0 Å². The van der Waals surface area contributed by atoms with E-state index >= 15 is 0 Å². The van der Waals surface area contributed by atoms with E-state index in [2.05, 4.69) is 216 Å². The molecule has 0 aliphatic heterocycles. The average molecular weight is 1020 g/mol. The molecule has 11 aromatic rings. The maximum atomic E-state index is 6.69. The third-order valence-electron chi connectivity index (χ3n) is 12.4. The van der Waals surface area contributed by atoms with Crippen molar-refractivity contribution < 1.29 is 30.4 Å². The monoisotopic (exact) mass is 1020 g/mol. The maximum Gasteiger partial charge on any atom is 0.268 e. The van der Waals surface area contributed by atoms with Crippen molar-refractivity contribution >= 4 is 32.8 Å². The molecule has 0 atom stereocenters. The van der Waals surface area contributed by atoms with Crippen LogP contribution in [0.15, 0.2) is 200 Å². The molecule has 3 aromatic heterocycles. The van der Waals surface area contributed by atoms with E-state index in [-0.39, 0.29) is 21.1 Å². The fraction of sp³-hybridized carbons (Fsp3) is 0.0847. The molecule has 0 radical (unpaired) electrons. The molecule has 6 heteroatoms. The molecule has 0 saturated heterocycles. The molecule has 8 aromatic carbocycles. The van der Waals surface area contributed by atoms with Gasteiger partial charge in [-0.15, -0.1) is 29.7 Å². The van der Waals surface area contributed by atoms with Gasteiger partial charge in [0.2, 0.25) is 0 Å². The summed E-state index contributed by atoms with van der Waals surface area (Å²) in [5, 5.41) is 2.22. The van der Waals surface area contributed by atoms with Gasteiger partial charge in [-0.1, -0.05) is 171 Å². The van der Waals surface area contributed by atoms with Crippen molar-refractivity contribution in [3.63, 3.8) is 0 Å². The summed E-state index contributed by atoms with van der Waals surface area (Å²) in [5.41, 5.74) is 14.0. The number of hydrogen-bond donors (Lipinski definition) is 0. The van der Waals surface area contributed by atoms with Crippen molar-refractivity contribution in [2.24, 2.45) is 0 Å². The summed E-state index contributed by atoms with van der Waals surface area (Å²) in [4.78, 5) is 5.15. The topological polar surface area (TPSA) is 35.9 Å². The zero-order valence-corrected chi connectivity index (χ0v) is 38.3. The Morgan fingerprint density at radius 3 is 1.82 bits per heavy atom. The first kappa shape index (κ1) is 41.7. The van der Waals surface area contributed by atoms with Gasteiger partial charge in [0.05, 0.1) is 16.7 Å². The van der Waals surface area contributed by atoms with Crippen molar-refractivity contribution in [2.75, 3.05) is 0 Å². The Morgan fingerprint density at radius 2 is 1.14 bits per heavy atom. The number of fused-ring (bicyclic) bond motifs is 4. The van der Waals surface area contributed by atoms with Gasteiger partial charge in [-0.05, 0) is 75.3 Å². The fourth-order valence-electron chi connectivity index (χ4n) is 9.31. The van der Waals surface area contributed by atoms with Crippen LogP contribution in [0, 0.1) is 18.5 Å². The molecule has 0 aliphatic carbocycles. The standard InChI is InChI=1S/C59H44N4O.Pt/c1-3-41(4-2)52-38-58(60-39-53(52)44-24-12-7-13-25-44)63-54-31-15-14-28-50(54)51-35-34-47(37-57(51)63)64-46-27-18-26-45(36-46)61-40-62(56-33-17-16-32-55(56)61)59-48(42-20-8-5-9-21-42)29-19-30-49(59)43-22-10-6-11-23-43;/h5-35,38-39,41H,3-4H2,1-2H3;/q-2;. The van der Waals surface area contributed by atoms with Gasteiger partial charge in [0, 0.05) is 49.8 Å². The Bertz CT molecular complexity index is 3390. The van der Waals surface area contributed by atoms with E-state index in [9.17, 15) is 0 Å². The number of para-hydroxylation sites is 4. The summed E-state index contributed by atoms with van der Waals surface area (Å²) < 4.78 is 13.2. The van der Waals surface area contributed by atoms with Crippen LogP contribution in [0.4, 0.5) is 0 Å². The molecule has 0 amide bonds. The average Bonchev–Trinajstić information content (AvgIpc) is 3.91. The molecule has 11 rings (SSSR count). The van der Waals surface area contributed by atoms with Gasteiger partial charge in [0.15, 0.2) is 0 Å². The minimum Gasteiger partial charge on any atom is -0.510 e. The number of ether oxygens (including phenoxy) is 1. The summed E-state index contributed by atoms with van der Waals surface area (Å²) in [6, 6.07) is 74.9. The van der Waals surface area contributed by atoms with E-state index < -0.39 is 0 Å². The zero-order valence-electron chi connectivity index (χ0n) is 36.1. The van der Waals surface area contributed by atoms with Gasteiger partial charge in [-0.25, -0.2) is 4.98 Å². The number of pyridine rings is 1. The number of hydrogen-bond acceptors (Lipinski definition) is 2. The van der Waals surface area contributed by atoms with Gasteiger partial charge in [0.25, 0.3) is 6.33 Å². The zero-order chi connectivity index (χ0) is 43.0. The number of benzene rings is 8. The van der Waals surface area contributed by atoms with Crippen LogP contribution in [0.2, 0.25) is 0 Å². The van der Waals surface area contributed by atoms with E-state index in [0.29, 0.717) is 17.4 Å². The van der Waals surface area contributed by atoms with Crippen LogP contribution in [0.1, 0.15) is 38.2 Å². The van der Waals surface area contributed by atoms with Crippen LogP contribution in [-0.2, 0) is 21.1 Å². The third-order valence-corrected chi connectivity index (χ3v) is 12.4. The molecule has 5 nitrogen and oxygen atoms in total. The summed E-state index contributed by atoms with van der Waals surface area (Å²) in [6.45, 7) is 4.54. The molecule has 0 fully saturated rings. The van der Waals surface area contributed by atoms with Crippen LogP contribution in [0.5, 0.6) is 11.5 Å². The molecular formula is C59H44N4OPt-2. The maximum absolute atomic E-state index is 6.69. The van der Waals surface area contributed by atoms with Gasteiger partial charge in [-0.2, -0.15) is 18.2 Å². The summed E-state index contributed by atoms with van der Waals surface area (Å²) in [7, 11) is 0. The van der Waals surface area contributed by atoms with Gasteiger partial charge in [0.1, 0.15) is 5.82 Å². The van der Waals surface area contributed by atoms with E-state index in [0.717, 1.165) is 85.1 Å². The molecule has 318 valence electrons. The van der Waals surface area contributed by atoms with Crippen LogP contribution >= 0.6 is 0 Å². The number of rotatable bonds is 11. The Hall–Kier alpha value is -7.33. The second kappa shape index (κ2) is 18.0. The van der Waals surface area contributed by atoms with Crippen molar-refractivity contribution in [1.82, 2.24) is 14.1 Å². The smallest absolute Gasteiger partial charge is 0.268 e. The Labute approximate surface area is 394 Å². The molecular weight excluding hydrogens is 976 g/mol. The molecule has 0 unspecified atom stereocenters. The van der Waals surface area contributed by atoms with Crippen molar-refractivity contribution in [2.45, 2.75) is 32.6 Å². The molecule has 0 bridgehead atoms. The first-order valence-electron chi connectivity index (χ1n) is 22.1. The summed E-state index contributed by atoms with van der Waals surface area (Å²) in [5.74, 6) is 2.42. The predicted molar refractivity (Wildman–Crippen MR) is 260 cm³/mol. The van der Waals surface area contributed by atoms with E-state index in [4.69, 9.17) is 9.72 Å². The van der Waals surface area contributed by atoms with Crippen LogP contribution < -0.4 is 9.30 Å². The largest absolute Gasteiger partial charge is 0.510 e.